The number of aryl methyl sites for hydroxylation is 1. The molecule has 0 spiro atoms. The summed E-state index contributed by atoms with van der Waals surface area (Å²) in [4.78, 5) is 14.4. The van der Waals surface area contributed by atoms with Gasteiger partial charge in [0.25, 0.3) is 5.69 Å². The Morgan fingerprint density at radius 1 is 1.50 bits per heavy atom. The first-order chi connectivity index (χ1) is 9.56. The van der Waals surface area contributed by atoms with E-state index in [1.165, 1.54) is 6.07 Å². The second-order valence-corrected chi connectivity index (χ2v) is 5.00. The van der Waals surface area contributed by atoms with E-state index in [1.54, 1.807) is 25.5 Å². The van der Waals surface area contributed by atoms with Crippen molar-refractivity contribution < 1.29 is 4.92 Å². The first-order valence-corrected chi connectivity index (χ1v) is 6.51. The summed E-state index contributed by atoms with van der Waals surface area (Å²) in [6, 6.07) is 5.09. The third-order valence-corrected chi connectivity index (χ3v) is 3.13. The first kappa shape index (κ1) is 14.0. The van der Waals surface area contributed by atoms with Crippen molar-refractivity contribution in [3.8, 4) is 0 Å². The van der Waals surface area contributed by atoms with E-state index >= 15 is 0 Å². The number of nitrogens with zero attached hydrogens (tertiary/aromatic N) is 3. The highest BCUT2D eigenvalue weighted by Gasteiger charge is 2.10. The van der Waals surface area contributed by atoms with Crippen LogP contribution in [0.3, 0.4) is 0 Å². The van der Waals surface area contributed by atoms with Crippen molar-refractivity contribution in [3.05, 3.63) is 52.6 Å². The lowest BCUT2D eigenvalue weighted by atomic mass is 10.1. The Balaban J connectivity index is 1.90. The number of hydrogen-bond donors (Lipinski definition) is 1. The molecule has 1 N–H and O–H groups in total. The summed E-state index contributed by atoms with van der Waals surface area (Å²) in [6.07, 6.45) is 5.50. The van der Waals surface area contributed by atoms with Crippen LogP contribution in [0.2, 0.25) is 0 Å². The number of benzene rings is 1. The van der Waals surface area contributed by atoms with Crippen LogP contribution in [0.5, 0.6) is 0 Å². The van der Waals surface area contributed by atoms with E-state index in [0.29, 0.717) is 11.5 Å². The van der Waals surface area contributed by atoms with Crippen molar-refractivity contribution in [1.82, 2.24) is 9.55 Å². The second kappa shape index (κ2) is 6.18. The molecule has 0 fully saturated rings. The zero-order valence-electron chi connectivity index (χ0n) is 11.6. The Morgan fingerprint density at radius 3 is 2.90 bits per heavy atom. The second-order valence-electron chi connectivity index (χ2n) is 5.00. The molecule has 0 aliphatic heterocycles. The van der Waals surface area contributed by atoms with E-state index in [9.17, 15) is 10.1 Å². The third-order valence-electron chi connectivity index (χ3n) is 3.13. The fourth-order valence-corrected chi connectivity index (χ4v) is 2.08. The highest BCUT2D eigenvalue weighted by Crippen LogP contribution is 2.21. The van der Waals surface area contributed by atoms with Crippen LogP contribution in [0.25, 0.3) is 0 Å². The molecule has 1 atom stereocenters. The monoisotopic (exact) mass is 274 g/mol. The average molecular weight is 274 g/mol. The third kappa shape index (κ3) is 3.57. The smallest absolute Gasteiger partial charge is 0.272 e. The standard InChI is InChI=1S/C14H18N4O2/c1-11(9-17-6-5-15-10-17)8-16-13-3-4-14(18(19)20)12(2)7-13/h3-7,10-11,16H,8-9H2,1-2H3. The molecule has 0 bridgehead atoms. The molecule has 0 amide bonds. The van der Waals surface area contributed by atoms with E-state index in [-0.39, 0.29) is 10.6 Å². The Hall–Kier alpha value is -2.37. The lowest BCUT2D eigenvalue weighted by molar-refractivity contribution is -0.385. The fraction of sp³-hybridized carbons (Fsp3) is 0.357. The number of imidazole rings is 1. The Bertz CT molecular complexity index is 581. The molecule has 106 valence electrons. The van der Waals surface area contributed by atoms with Gasteiger partial charge in [-0.05, 0) is 25.0 Å². The maximum absolute atomic E-state index is 10.8. The zero-order valence-corrected chi connectivity index (χ0v) is 11.6. The Morgan fingerprint density at radius 2 is 2.30 bits per heavy atom. The van der Waals surface area contributed by atoms with Gasteiger partial charge in [0.2, 0.25) is 0 Å². The van der Waals surface area contributed by atoms with Crippen molar-refractivity contribution in [2.24, 2.45) is 5.92 Å². The van der Waals surface area contributed by atoms with Gasteiger partial charge in [0.1, 0.15) is 0 Å². The van der Waals surface area contributed by atoms with Crippen molar-refractivity contribution in [2.45, 2.75) is 20.4 Å². The van der Waals surface area contributed by atoms with Crippen molar-refractivity contribution >= 4 is 11.4 Å². The van der Waals surface area contributed by atoms with Gasteiger partial charge in [-0.15, -0.1) is 0 Å². The molecule has 1 heterocycles. The van der Waals surface area contributed by atoms with Crippen LogP contribution >= 0.6 is 0 Å². The summed E-state index contributed by atoms with van der Waals surface area (Å²) in [5, 5.41) is 14.1. The maximum Gasteiger partial charge on any atom is 0.272 e. The molecule has 1 aromatic heterocycles. The lowest BCUT2D eigenvalue weighted by Gasteiger charge is -2.14. The summed E-state index contributed by atoms with van der Waals surface area (Å²) < 4.78 is 2.04. The molecule has 0 aliphatic carbocycles. The van der Waals surface area contributed by atoms with Gasteiger partial charge in [-0.2, -0.15) is 0 Å². The summed E-state index contributed by atoms with van der Waals surface area (Å²) in [5.41, 5.74) is 1.73. The minimum atomic E-state index is -0.360. The number of aromatic nitrogens is 2. The van der Waals surface area contributed by atoms with Gasteiger partial charge >= 0.3 is 0 Å². The molecule has 20 heavy (non-hydrogen) atoms. The summed E-state index contributed by atoms with van der Waals surface area (Å²) in [5.74, 6) is 0.430. The average Bonchev–Trinajstić information content (AvgIpc) is 2.89. The summed E-state index contributed by atoms with van der Waals surface area (Å²) in [7, 11) is 0. The highest BCUT2D eigenvalue weighted by atomic mass is 16.6. The molecule has 1 aromatic carbocycles. The van der Waals surface area contributed by atoms with E-state index < -0.39 is 0 Å². The van der Waals surface area contributed by atoms with Gasteiger partial charge in [0.05, 0.1) is 11.3 Å². The minimum absolute atomic E-state index is 0.155. The van der Waals surface area contributed by atoms with Crippen LogP contribution in [-0.2, 0) is 6.54 Å². The quantitative estimate of drug-likeness (QED) is 0.649. The number of anilines is 1. The summed E-state index contributed by atoms with van der Waals surface area (Å²) in [6.45, 7) is 5.58. The number of nitro groups is 1. The van der Waals surface area contributed by atoms with Crippen LogP contribution in [0.4, 0.5) is 11.4 Å². The van der Waals surface area contributed by atoms with Gasteiger partial charge in [-0.1, -0.05) is 6.92 Å². The molecule has 2 rings (SSSR count). The van der Waals surface area contributed by atoms with Crippen LogP contribution in [0, 0.1) is 23.0 Å². The summed E-state index contributed by atoms with van der Waals surface area (Å²) >= 11 is 0. The predicted molar refractivity (Wildman–Crippen MR) is 77.7 cm³/mol. The van der Waals surface area contributed by atoms with Crippen molar-refractivity contribution in [2.75, 3.05) is 11.9 Å². The van der Waals surface area contributed by atoms with Gasteiger partial charge < -0.3 is 9.88 Å². The highest BCUT2D eigenvalue weighted by molar-refractivity contribution is 5.53. The molecule has 0 saturated heterocycles. The van der Waals surface area contributed by atoms with E-state index in [2.05, 4.69) is 17.2 Å². The molecule has 1 unspecified atom stereocenters. The Labute approximate surface area is 117 Å². The Kier molecular flexibility index (Phi) is 4.34. The topological polar surface area (TPSA) is 73.0 Å². The molecule has 0 aliphatic rings. The SMILES string of the molecule is Cc1cc(NCC(C)Cn2ccnc2)ccc1[N+](=O)[O-]. The van der Waals surface area contributed by atoms with Crippen LogP contribution in [-0.4, -0.2) is 21.0 Å². The number of nitrogens with one attached hydrogen (secondary N) is 1. The van der Waals surface area contributed by atoms with Gasteiger partial charge in [0, 0.05) is 42.8 Å². The normalized spacial score (nSPS) is 12.1. The molecule has 0 saturated carbocycles. The molecule has 6 heteroatoms. The van der Waals surface area contributed by atoms with Crippen molar-refractivity contribution in [1.29, 1.82) is 0 Å². The largest absolute Gasteiger partial charge is 0.385 e. The van der Waals surface area contributed by atoms with Gasteiger partial charge in [-0.25, -0.2) is 4.98 Å². The minimum Gasteiger partial charge on any atom is -0.385 e. The predicted octanol–water partition coefficient (Wildman–Crippen LogP) is 2.85. The molecular weight excluding hydrogens is 256 g/mol. The number of nitro benzene ring substituents is 1. The van der Waals surface area contributed by atoms with Crippen LogP contribution in [0.1, 0.15) is 12.5 Å². The van der Waals surface area contributed by atoms with Gasteiger partial charge in [0.15, 0.2) is 0 Å². The number of rotatable bonds is 6. The van der Waals surface area contributed by atoms with Crippen LogP contribution < -0.4 is 5.32 Å². The zero-order chi connectivity index (χ0) is 14.5. The van der Waals surface area contributed by atoms with Crippen molar-refractivity contribution in [3.63, 3.8) is 0 Å². The van der Waals surface area contributed by atoms with E-state index in [4.69, 9.17) is 0 Å². The van der Waals surface area contributed by atoms with Crippen LogP contribution in [0.15, 0.2) is 36.9 Å². The fourth-order valence-electron chi connectivity index (χ4n) is 2.08. The molecule has 0 radical (unpaired) electrons. The first-order valence-electron chi connectivity index (χ1n) is 6.51. The molecule has 2 aromatic rings. The van der Waals surface area contributed by atoms with E-state index in [1.807, 2.05) is 16.8 Å². The molecule has 6 nitrogen and oxygen atoms in total. The number of hydrogen-bond acceptors (Lipinski definition) is 4. The maximum atomic E-state index is 10.8. The van der Waals surface area contributed by atoms with Gasteiger partial charge in [-0.3, -0.25) is 10.1 Å². The lowest BCUT2D eigenvalue weighted by Crippen LogP contribution is -2.16. The molecular formula is C14H18N4O2. The van der Waals surface area contributed by atoms with E-state index in [0.717, 1.165) is 18.8 Å².